The van der Waals surface area contributed by atoms with Crippen molar-refractivity contribution in [3.63, 3.8) is 0 Å². The fourth-order valence-corrected chi connectivity index (χ4v) is 5.56. The van der Waals surface area contributed by atoms with Gasteiger partial charge in [0, 0.05) is 41.2 Å². The first-order valence-electron chi connectivity index (χ1n) is 12.9. The van der Waals surface area contributed by atoms with Crippen LogP contribution in [0.15, 0.2) is 52.3 Å². The van der Waals surface area contributed by atoms with Crippen molar-refractivity contribution in [2.24, 2.45) is 11.8 Å². The summed E-state index contributed by atoms with van der Waals surface area (Å²) in [6.07, 6.45) is -8.38. The Morgan fingerprint density at radius 3 is 2.44 bits per heavy atom. The van der Waals surface area contributed by atoms with Crippen molar-refractivity contribution in [3.05, 3.63) is 59.2 Å². The van der Waals surface area contributed by atoms with Crippen LogP contribution in [0.5, 0.6) is 0 Å². The molecule has 0 spiro atoms. The standard InChI is InChI=1S/C28H28F6N2O4S/c1-2-40-26(38)21-14-18(21)16-35-19-4-3-5-20(15-19)41-22-8-6-17(7-9-23(37)36-10-12-39-13-11-36)24(27(29,30)31)25(22)28(32,33)34/h3-9,15,18,21,35H,2,10-14,16H2,1H3. The van der Waals surface area contributed by atoms with Gasteiger partial charge < -0.3 is 19.7 Å². The summed E-state index contributed by atoms with van der Waals surface area (Å²) in [5.41, 5.74) is -3.87. The summed E-state index contributed by atoms with van der Waals surface area (Å²) >= 11 is 0.556. The van der Waals surface area contributed by atoms with Crippen molar-refractivity contribution in [2.75, 3.05) is 44.8 Å². The fourth-order valence-electron chi connectivity index (χ4n) is 4.52. The Hall–Kier alpha value is -3.19. The van der Waals surface area contributed by atoms with E-state index in [1.165, 1.54) is 17.0 Å². The van der Waals surface area contributed by atoms with Crippen LogP contribution in [0.25, 0.3) is 6.08 Å². The maximum Gasteiger partial charge on any atom is 0.418 e. The van der Waals surface area contributed by atoms with Crippen LogP contribution >= 0.6 is 11.8 Å². The predicted octanol–water partition coefficient (Wildman–Crippen LogP) is 6.36. The van der Waals surface area contributed by atoms with E-state index < -0.39 is 39.8 Å². The number of nitrogens with zero attached hydrogens (tertiary/aromatic N) is 1. The molecule has 1 N–H and O–H groups in total. The van der Waals surface area contributed by atoms with Crippen molar-refractivity contribution >= 4 is 35.4 Å². The van der Waals surface area contributed by atoms with Crippen LogP contribution in [-0.2, 0) is 31.4 Å². The normalized spacial score (nSPS) is 19.3. The van der Waals surface area contributed by atoms with Gasteiger partial charge in [-0.1, -0.05) is 23.9 Å². The minimum atomic E-state index is -5.34. The number of nitrogens with one attached hydrogen (secondary N) is 1. The van der Waals surface area contributed by atoms with Gasteiger partial charge in [-0.05, 0) is 55.2 Å². The zero-order valence-electron chi connectivity index (χ0n) is 22.0. The Morgan fingerprint density at radius 1 is 1.07 bits per heavy atom. The van der Waals surface area contributed by atoms with Gasteiger partial charge in [0.25, 0.3) is 0 Å². The molecule has 2 aliphatic rings. The molecule has 2 aromatic rings. The highest BCUT2D eigenvalue weighted by atomic mass is 32.2. The molecule has 1 amide bonds. The van der Waals surface area contributed by atoms with Gasteiger partial charge in [-0.25, -0.2) is 0 Å². The molecule has 2 atom stereocenters. The minimum Gasteiger partial charge on any atom is -0.466 e. The van der Waals surface area contributed by atoms with Gasteiger partial charge in [-0.3, -0.25) is 9.59 Å². The third-order valence-corrected chi connectivity index (χ3v) is 7.69. The van der Waals surface area contributed by atoms with E-state index in [4.69, 9.17) is 9.47 Å². The number of rotatable bonds is 9. The molecule has 1 saturated carbocycles. The molecule has 1 heterocycles. The molecule has 13 heteroatoms. The van der Waals surface area contributed by atoms with E-state index in [0.29, 0.717) is 30.4 Å². The highest BCUT2D eigenvalue weighted by Gasteiger charge is 2.47. The molecular weight excluding hydrogens is 574 g/mol. The third kappa shape index (κ3) is 7.97. The Kier molecular flexibility index (Phi) is 9.58. The van der Waals surface area contributed by atoms with Crippen molar-refractivity contribution in [1.82, 2.24) is 4.90 Å². The summed E-state index contributed by atoms with van der Waals surface area (Å²) in [7, 11) is 0. The van der Waals surface area contributed by atoms with E-state index in [9.17, 15) is 35.9 Å². The van der Waals surface area contributed by atoms with Gasteiger partial charge in [0.1, 0.15) is 0 Å². The van der Waals surface area contributed by atoms with E-state index in [1.807, 2.05) is 0 Å². The van der Waals surface area contributed by atoms with E-state index in [2.05, 4.69) is 5.32 Å². The molecule has 6 nitrogen and oxygen atoms in total. The Labute approximate surface area is 237 Å². The Morgan fingerprint density at radius 2 is 1.78 bits per heavy atom. The van der Waals surface area contributed by atoms with Gasteiger partial charge in [0.05, 0.1) is 36.9 Å². The van der Waals surface area contributed by atoms with E-state index in [-0.39, 0.29) is 55.6 Å². The lowest BCUT2D eigenvalue weighted by atomic mass is 9.99. The summed E-state index contributed by atoms with van der Waals surface area (Å²) in [4.78, 5) is 25.2. The lowest BCUT2D eigenvalue weighted by molar-refractivity contribution is -0.163. The van der Waals surface area contributed by atoms with Gasteiger partial charge in [0.15, 0.2) is 0 Å². The minimum absolute atomic E-state index is 0.0623. The van der Waals surface area contributed by atoms with E-state index in [0.717, 1.165) is 24.3 Å². The highest BCUT2D eigenvalue weighted by molar-refractivity contribution is 7.99. The van der Waals surface area contributed by atoms with E-state index >= 15 is 0 Å². The van der Waals surface area contributed by atoms with Crippen LogP contribution in [0.4, 0.5) is 32.0 Å². The van der Waals surface area contributed by atoms with Crippen LogP contribution in [0.3, 0.4) is 0 Å². The maximum absolute atomic E-state index is 14.2. The SMILES string of the molecule is CCOC(=O)C1CC1CNc1cccc(Sc2ccc(C=CC(=O)N3CCOCC3)c(C(F)(F)F)c2C(F)(F)F)c1. The predicted molar refractivity (Wildman–Crippen MR) is 140 cm³/mol. The van der Waals surface area contributed by atoms with Crippen LogP contribution in [0.2, 0.25) is 0 Å². The van der Waals surface area contributed by atoms with Crippen LogP contribution < -0.4 is 5.32 Å². The number of ether oxygens (including phenoxy) is 2. The molecule has 0 radical (unpaired) electrons. The molecule has 2 fully saturated rings. The largest absolute Gasteiger partial charge is 0.466 e. The summed E-state index contributed by atoms with van der Waals surface area (Å²) in [5, 5.41) is 3.13. The molecule has 1 aliphatic carbocycles. The van der Waals surface area contributed by atoms with Crippen LogP contribution in [0, 0.1) is 11.8 Å². The molecule has 2 aromatic carbocycles. The van der Waals surface area contributed by atoms with Crippen molar-refractivity contribution < 1.29 is 45.4 Å². The molecule has 0 bridgehead atoms. The van der Waals surface area contributed by atoms with Gasteiger partial charge in [0.2, 0.25) is 5.91 Å². The number of esters is 1. The fraction of sp³-hybridized carbons (Fsp3) is 0.429. The second kappa shape index (κ2) is 12.8. The molecule has 1 aliphatic heterocycles. The number of carbonyl (C=O) groups excluding carboxylic acids is 2. The highest BCUT2D eigenvalue weighted by Crippen LogP contribution is 2.48. The van der Waals surface area contributed by atoms with Gasteiger partial charge in [-0.15, -0.1) is 0 Å². The van der Waals surface area contributed by atoms with Gasteiger partial charge >= 0.3 is 18.3 Å². The topological polar surface area (TPSA) is 67.9 Å². The van der Waals surface area contributed by atoms with Crippen molar-refractivity contribution in [1.29, 1.82) is 0 Å². The monoisotopic (exact) mass is 602 g/mol. The average molecular weight is 603 g/mol. The zero-order valence-corrected chi connectivity index (χ0v) is 22.8. The molecule has 41 heavy (non-hydrogen) atoms. The molecule has 222 valence electrons. The second-order valence-electron chi connectivity index (χ2n) is 9.53. The first kappa shape index (κ1) is 30.8. The summed E-state index contributed by atoms with van der Waals surface area (Å²) < 4.78 is 95.1. The Balaban J connectivity index is 1.57. The summed E-state index contributed by atoms with van der Waals surface area (Å²) in [6, 6.07) is 8.21. The number of alkyl halides is 6. The van der Waals surface area contributed by atoms with Crippen molar-refractivity contribution in [2.45, 2.75) is 35.5 Å². The Bertz CT molecular complexity index is 1290. The van der Waals surface area contributed by atoms with Crippen molar-refractivity contribution in [3.8, 4) is 0 Å². The second-order valence-corrected chi connectivity index (χ2v) is 10.6. The summed E-state index contributed by atoms with van der Waals surface area (Å²) in [6.45, 7) is 3.45. The molecule has 1 saturated heterocycles. The number of carbonyl (C=O) groups is 2. The van der Waals surface area contributed by atoms with Crippen LogP contribution in [-0.4, -0.2) is 56.2 Å². The third-order valence-electron chi connectivity index (χ3n) is 6.64. The quantitative estimate of drug-likeness (QED) is 0.205. The van der Waals surface area contributed by atoms with E-state index in [1.54, 1.807) is 19.1 Å². The molecular formula is C28H28F6N2O4S. The lowest BCUT2D eigenvalue weighted by Crippen LogP contribution is -2.39. The number of hydrogen-bond acceptors (Lipinski definition) is 6. The van der Waals surface area contributed by atoms with Crippen LogP contribution in [0.1, 0.15) is 30.0 Å². The first-order valence-corrected chi connectivity index (χ1v) is 13.7. The zero-order chi connectivity index (χ0) is 29.8. The maximum atomic E-state index is 14.2. The summed E-state index contributed by atoms with van der Waals surface area (Å²) in [5.74, 6) is -1.02. The number of halogens is 6. The number of anilines is 1. The number of hydrogen-bond donors (Lipinski definition) is 1. The number of amides is 1. The number of benzene rings is 2. The smallest absolute Gasteiger partial charge is 0.418 e. The number of morpholine rings is 1. The molecule has 0 aromatic heterocycles. The van der Waals surface area contributed by atoms with Gasteiger partial charge in [-0.2, -0.15) is 26.3 Å². The molecule has 4 rings (SSSR count). The lowest BCUT2D eigenvalue weighted by Gasteiger charge is -2.25. The molecule has 2 unspecified atom stereocenters. The average Bonchev–Trinajstić information content (AvgIpc) is 3.70. The first-order chi connectivity index (χ1) is 19.4.